The van der Waals surface area contributed by atoms with Crippen molar-refractivity contribution in [1.82, 2.24) is 15.2 Å². The molecule has 2 aromatic carbocycles. The van der Waals surface area contributed by atoms with Gasteiger partial charge in [0.15, 0.2) is 23.0 Å². The Bertz CT molecular complexity index is 1370. The second-order valence-corrected chi connectivity index (χ2v) is 8.31. The number of pyridine rings is 1. The summed E-state index contributed by atoms with van der Waals surface area (Å²) in [4.78, 5) is 38.7. The molecule has 36 heavy (non-hydrogen) atoms. The number of nitrogens with zero attached hydrogens (tertiary/aromatic N) is 1. The Kier molecular flexibility index (Phi) is 7.33. The van der Waals surface area contributed by atoms with Crippen LogP contribution in [0.2, 0.25) is 0 Å². The van der Waals surface area contributed by atoms with E-state index in [0.29, 0.717) is 53.4 Å². The average molecular weight is 496 g/mol. The van der Waals surface area contributed by atoms with E-state index in [-0.39, 0.29) is 18.3 Å². The first-order valence-electron chi connectivity index (χ1n) is 11.6. The van der Waals surface area contributed by atoms with Crippen LogP contribution in [0.4, 0.5) is 0 Å². The average Bonchev–Trinajstić information content (AvgIpc) is 3.35. The molecule has 0 fully saturated rings. The van der Waals surface area contributed by atoms with E-state index < -0.39 is 17.4 Å². The van der Waals surface area contributed by atoms with E-state index in [4.69, 9.17) is 18.9 Å². The molecule has 2 amide bonds. The Morgan fingerprint density at radius 1 is 1.08 bits per heavy atom. The van der Waals surface area contributed by atoms with Gasteiger partial charge in [-0.25, -0.2) is 0 Å². The van der Waals surface area contributed by atoms with Gasteiger partial charge in [0.05, 0.1) is 25.1 Å². The number of carbonyl (C=O) groups is 2. The zero-order chi connectivity index (χ0) is 25.8. The van der Waals surface area contributed by atoms with Crippen molar-refractivity contribution in [1.29, 1.82) is 0 Å². The highest BCUT2D eigenvalue weighted by Crippen LogP contribution is 2.35. The summed E-state index contributed by atoms with van der Waals surface area (Å²) in [5.74, 6) is 1.27. The summed E-state index contributed by atoms with van der Waals surface area (Å²) in [7, 11) is 3.13. The standard InChI is InChI=1S/C26H29N3O7/c1-5-29-13-18(24(30)17-11-22-23(12-19(17)29)36-14-35-22)26(32)28-15(2)25(31)27-9-8-16-6-7-20(33-3)21(10-16)34-4/h6-7,10-13,15H,5,8-9,14H2,1-4H3,(H,27,31)(H,28,32)/t15-/m0/s1. The van der Waals surface area contributed by atoms with Crippen LogP contribution in [0.3, 0.4) is 0 Å². The van der Waals surface area contributed by atoms with E-state index in [0.717, 1.165) is 5.56 Å². The first kappa shape index (κ1) is 24.9. The highest BCUT2D eigenvalue weighted by Gasteiger charge is 2.23. The molecular weight excluding hydrogens is 466 g/mol. The quantitative estimate of drug-likeness (QED) is 0.468. The molecule has 1 aromatic heterocycles. The van der Waals surface area contributed by atoms with Gasteiger partial charge in [0.25, 0.3) is 5.91 Å². The van der Waals surface area contributed by atoms with Gasteiger partial charge in [-0.3, -0.25) is 14.4 Å². The number of fused-ring (bicyclic) bond motifs is 2. The van der Waals surface area contributed by atoms with Gasteiger partial charge in [-0.15, -0.1) is 0 Å². The van der Waals surface area contributed by atoms with E-state index in [1.807, 2.05) is 19.1 Å². The monoisotopic (exact) mass is 495 g/mol. The number of rotatable bonds is 9. The minimum Gasteiger partial charge on any atom is -0.493 e. The minimum absolute atomic E-state index is 0.0480. The summed E-state index contributed by atoms with van der Waals surface area (Å²) in [6.45, 7) is 4.45. The number of methoxy groups -OCH3 is 2. The molecule has 0 saturated carbocycles. The van der Waals surface area contributed by atoms with E-state index in [1.165, 1.54) is 6.20 Å². The topological polar surface area (TPSA) is 117 Å². The van der Waals surface area contributed by atoms with Crippen molar-refractivity contribution in [3.8, 4) is 23.0 Å². The Labute approximate surface area is 208 Å². The summed E-state index contributed by atoms with van der Waals surface area (Å²) in [5.41, 5.74) is 1.12. The van der Waals surface area contributed by atoms with Crippen LogP contribution in [-0.2, 0) is 17.8 Å². The molecule has 10 nitrogen and oxygen atoms in total. The molecule has 1 atom stereocenters. The van der Waals surface area contributed by atoms with Gasteiger partial charge < -0.3 is 34.1 Å². The van der Waals surface area contributed by atoms with Crippen LogP contribution in [0.15, 0.2) is 41.3 Å². The van der Waals surface area contributed by atoms with Crippen LogP contribution >= 0.6 is 0 Å². The Hall–Kier alpha value is -4.21. The predicted molar refractivity (Wildman–Crippen MR) is 133 cm³/mol. The molecule has 190 valence electrons. The molecule has 1 aliphatic rings. The molecule has 0 saturated heterocycles. The molecule has 0 unspecified atom stereocenters. The molecule has 0 radical (unpaired) electrons. The lowest BCUT2D eigenvalue weighted by molar-refractivity contribution is -0.122. The van der Waals surface area contributed by atoms with Crippen LogP contribution in [0.5, 0.6) is 23.0 Å². The molecule has 2 N–H and O–H groups in total. The third-order valence-electron chi connectivity index (χ3n) is 6.06. The number of hydrogen-bond acceptors (Lipinski definition) is 7. The maximum atomic E-state index is 13.1. The van der Waals surface area contributed by atoms with Crippen molar-refractivity contribution in [3.63, 3.8) is 0 Å². The van der Waals surface area contributed by atoms with Crippen LogP contribution < -0.4 is 35.0 Å². The number of aryl methyl sites for hydroxylation is 1. The fraction of sp³-hybridized carbons (Fsp3) is 0.346. The molecule has 3 aromatic rings. The van der Waals surface area contributed by atoms with E-state index in [2.05, 4.69) is 10.6 Å². The zero-order valence-corrected chi connectivity index (χ0v) is 20.7. The second-order valence-electron chi connectivity index (χ2n) is 8.31. The minimum atomic E-state index is -0.843. The SMILES string of the molecule is CCn1cc(C(=O)N[C@@H](C)C(=O)NCCc2ccc(OC)c(OC)c2)c(=O)c2cc3c(cc21)OCO3. The molecule has 1 aliphatic heterocycles. The molecule has 10 heteroatoms. The first-order valence-corrected chi connectivity index (χ1v) is 11.6. The highest BCUT2D eigenvalue weighted by molar-refractivity contribution is 6.00. The zero-order valence-electron chi connectivity index (χ0n) is 20.7. The van der Waals surface area contributed by atoms with Gasteiger partial charge in [0, 0.05) is 25.4 Å². The summed E-state index contributed by atoms with van der Waals surface area (Å²) in [6.07, 6.45) is 2.07. The number of aromatic nitrogens is 1. The molecule has 0 bridgehead atoms. The van der Waals surface area contributed by atoms with Gasteiger partial charge >= 0.3 is 0 Å². The molecule has 2 heterocycles. The van der Waals surface area contributed by atoms with Crippen molar-refractivity contribution in [2.75, 3.05) is 27.6 Å². The number of ether oxygens (including phenoxy) is 4. The maximum absolute atomic E-state index is 13.1. The number of benzene rings is 2. The second kappa shape index (κ2) is 10.6. The van der Waals surface area contributed by atoms with E-state index in [9.17, 15) is 14.4 Å². The highest BCUT2D eigenvalue weighted by atomic mass is 16.7. The van der Waals surface area contributed by atoms with Crippen molar-refractivity contribution in [2.45, 2.75) is 32.9 Å². The van der Waals surface area contributed by atoms with Gasteiger partial charge in [-0.1, -0.05) is 6.07 Å². The summed E-state index contributed by atoms with van der Waals surface area (Å²) in [6, 6.07) is 8.03. The van der Waals surface area contributed by atoms with Crippen molar-refractivity contribution in [3.05, 3.63) is 57.9 Å². The van der Waals surface area contributed by atoms with Crippen LogP contribution in [-0.4, -0.2) is 50.0 Å². The summed E-state index contributed by atoms with van der Waals surface area (Å²) >= 11 is 0. The third kappa shape index (κ3) is 4.93. The number of nitrogens with one attached hydrogen (secondary N) is 2. The number of carbonyl (C=O) groups excluding carboxylic acids is 2. The Morgan fingerprint density at radius 2 is 1.81 bits per heavy atom. The largest absolute Gasteiger partial charge is 0.493 e. The molecule has 0 aliphatic carbocycles. The predicted octanol–water partition coefficient (Wildman–Crippen LogP) is 2.24. The smallest absolute Gasteiger partial charge is 0.257 e. The third-order valence-corrected chi connectivity index (χ3v) is 6.06. The first-order chi connectivity index (χ1) is 17.4. The lowest BCUT2D eigenvalue weighted by atomic mass is 10.1. The van der Waals surface area contributed by atoms with Crippen molar-refractivity contribution in [2.24, 2.45) is 0 Å². The Morgan fingerprint density at radius 3 is 2.50 bits per heavy atom. The van der Waals surface area contributed by atoms with Crippen molar-refractivity contribution >= 4 is 22.7 Å². The molecule has 4 rings (SSSR count). The van der Waals surface area contributed by atoms with E-state index >= 15 is 0 Å². The lowest BCUT2D eigenvalue weighted by Crippen LogP contribution is -2.46. The maximum Gasteiger partial charge on any atom is 0.257 e. The Balaban J connectivity index is 1.42. The normalized spacial score (nSPS) is 12.8. The summed E-state index contributed by atoms with van der Waals surface area (Å²) in [5, 5.41) is 5.79. The molecule has 0 spiro atoms. The van der Waals surface area contributed by atoms with Gasteiger partial charge in [0.2, 0.25) is 18.1 Å². The fourth-order valence-electron chi connectivity index (χ4n) is 4.06. The number of hydrogen-bond donors (Lipinski definition) is 2. The van der Waals surface area contributed by atoms with Crippen LogP contribution in [0.25, 0.3) is 10.9 Å². The lowest BCUT2D eigenvalue weighted by Gasteiger charge is -2.16. The molecular formula is C26H29N3O7. The van der Waals surface area contributed by atoms with Crippen molar-refractivity contribution < 1.29 is 28.5 Å². The van der Waals surface area contributed by atoms with E-state index in [1.54, 1.807) is 43.9 Å². The van der Waals surface area contributed by atoms with Gasteiger partial charge in [0.1, 0.15) is 11.6 Å². The van der Waals surface area contributed by atoms with Crippen LogP contribution in [0, 0.1) is 0 Å². The summed E-state index contributed by atoms with van der Waals surface area (Å²) < 4.78 is 23.1. The fourth-order valence-corrected chi connectivity index (χ4v) is 4.06. The van der Waals surface area contributed by atoms with Gasteiger partial charge in [-0.05, 0) is 44.0 Å². The number of amides is 2. The van der Waals surface area contributed by atoms with Crippen LogP contribution in [0.1, 0.15) is 29.8 Å². The van der Waals surface area contributed by atoms with Gasteiger partial charge in [-0.2, -0.15) is 0 Å².